The minimum Gasteiger partial charge on any atom is -0.481 e. The molecule has 21 heavy (non-hydrogen) atoms. The van der Waals surface area contributed by atoms with E-state index in [1.54, 1.807) is 6.20 Å². The second-order valence-corrected chi connectivity index (χ2v) is 4.21. The first kappa shape index (κ1) is 14.8. The molecule has 1 aromatic carbocycles. The maximum atomic E-state index is 11.1. The lowest BCUT2D eigenvalue weighted by Crippen LogP contribution is -2.27. The topological polar surface area (TPSA) is 60.5 Å². The van der Waals surface area contributed by atoms with E-state index in [1.807, 2.05) is 30.3 Å². The molecule has 5 heteroatoms. The van der Waals surface area contributed by atoms with Crippen LogP contribution < -0.4 is 10.1 Å². The minimum atomic E-state index is -0.187. The summed E-state index contributed by atoms with van der Waals surface area (Å²) in [6.45, 7) is 0.589. The van der Waals surface area contributed by atoms with Crippen LogP contribution in [0.5, 0.6) is 5.75 Å². The highest BCUT2D eigenvalue weighted by molar-refractivity contribution is 5.79. The Morgan fingerprint density at radius 2 is 2.24 bits per heavy atom. The van der Waals surface area contributed by atoms with Crippen LogP contribution >= 0.6 is 0 Å². The van der Waals surface area contributed by atoms with E-state index in [4.69, 9.17) is 4.74 Å². The largest absolute Gasteiger partial charge is 0.481 e. The fourth-order valence-corrected chi connectivity index (χ4v) is 1.69. The molecule has 0 radical (unpaired) electrons. The van der Waals surface area contributed by atoms with Crippen LogP contribution in [0.15, 0.2) is 36.5 Å². The second kappa shape index (κ2) is 7.88. The molecule has 0 atom stereocenters. The maximum absolute atomic E-state index is 11.1. The van der Waals surface area contributed by atoms with Gasteiger partial charge in [-0.1, -0.05) is 17.9 Å². The molecule has 5 nitrogen and oxygen atoms in total. The van der Waals surface area contributed by atoms with Gasteiger partial charge in [0, 0.05) is 24.8 Å². The van der Waals surface area contributed by atoms with Crippen molar-refractivity contribution in [3.63, 3.8) is 0 Å². The Kier molecular flexibility index (Phi) is 5.56. The number of nitrogens with one attached hydrogen (secondary N) is 1. The summed E-state index contributed by atoms with van der Waals surface area (Å²) < 4.78 is 10.2. The molecule has 2 rings (SSSR count). The fraction of sp³-hybridized carbons (Fsp3) is 0.250. The van der Waals surface area contributed by atoms with Gasteiger partial charge in [0.05, 0.1) is 12.1 Å². The zero-order chi connectivity index (χ0) is 14.9. The first-order valence-electron chi connectivity index (χ1n) is 6.48. The monoisotopic (exact) mass is 284 g/mol. The van der Waals surface area contributed by atoms with Gasteiger partial charge in [0.2, 0.25) is 5.91 Å². The first-order valence-corrected chi connectivity index (χ1v) is 6.48. The average molecular weight is 284 g/mol. The molecule has 0 aliphatic carbocycles. The highest BCUT2D eigenvalue weighted by Gasteiger charge is 1.97. The van der Waals surface area contributed by atoms with Gasteiger partial charge in [-0.25, -0.2) is 0 Å². The molecular weight excluding hydrogens is 268 g/mol. The van der Waals surface area contributed by atoms with Crippen LogP contribution in [-0.4, -0.2) is 37.8 Å². The number of benzene rings is 1. The number of hydrogen-bond acceptors (Lipinski definition) is 4. The van der Waals surface area contributed by atoms with Crippen molar-refractivity contribution in [1.82, 2.24) is 10.3 Å². The third-order valence-corrected chi connectivity index (χ3v) is 2.66. The second-order valence-electron chi connectivity index (χ2n) is 4.21. The minimum absolute atomic E-state index is 0.0439. The Hall–Kier alpha value is -2.58. The molecule has 1 heterocycles. The van der Waals surface area contributed by atoms with Gasteiger partial charge in [0.15, 0.2) is 0 Å². The maximum Gasteiger partial charge on any atom is 0.246 e. The smallest absolute Gasteiger partial charge is 0.246 e. The number of rotatable bonds is 5. The van der Waals surface area contributed by atoms with Gasteiger partial charge in [0.1, 0.15) is 19.0 Å². The van der Waals surface area contributed by atoms with Gasteiger partial charge < -0.3 is 14.8 Å². The van der Waals surface area contributed by atoms with Gasteiger partial charge in [-0.05, 0) is 18.2 Å². The molecule has 0 fully saturated rings. The van der Waals surface area contributed by atoms with Gasteiger partial charge >= 0.3 is 0 Å². The SMILES string of the molecule is COCC(=O)NCC#CCOc1ccc2cccnc2c1. The van der Waals surface area contributed by atoms with Crippen molar-refractivity contribution in [1.29, 1.82) is 0 Å². The van der Waals surface area contributed by atoms with Gasteiger partial charge in [-0.3, -0.25) is 9.78 Å². The normalized spacial score (nSPS) is 9.76. The zero-order valence-electron chi connectivity index (χ0n) is 11.8. The third-order valence-electron chi connectivity index (χ3n) is 2.66. The van der Waals surface area contributed by atoms with Crippen LogP contribution in [0.4, 0.5) is 0 Å². The summed E-state index contributed by atoms with van der Waals surface area (Å²) in [4.78, 5) is 15.3. The zero-order valence-corrected chi connectivity index (χ0v) is 11.8. The number of aromatic nitrogens is 1. The van der Waals surface area contributed by atoms with Crippen LogP contribution in [0, 0.1) is 11.8 Å². The molecule has 1 aromatic heterocycles. The van der Waals surface area contributed by atoms with Crippen LogP contribution in [0.2, 0.25) is 0 Å². The summed E-state index contributed by atoms with van der Waals surface area (Å²) in [5.41, 5.74) is 0.884. The average Bonchev–Trinajstić information content (AvgIpc) is 2.51. The molecule has 108 valence electrons. The van der Waals surface area contributed by atoms with Crippen LogP contribution in [0.25, 0.3) is 10.9 Å². The van der Waals surface area contributed by atoms with E-state index in [2.05, 4.69) is 26.9 Å². The van der Waals surface area contributed by atoms with E-state index >= 15 is 0 Å². The Bertz CT molecular complexity index is 674. The summed E-state index contributed by atoms with van der Waals surface area (Å²) in [5, 5.41) is 3.67. The number of hydrogen-bond donors (Lipinski definition) is 1. The number of carbonyl (C=O) groups is 1. The third kappa shape index (κ3) is 4.79. The molecule has 0 spiro atoms. The molecule has 0 bridgehead atoms. The number of pyridine rings is 1. The first-order chi connectivity index (χ1) is 10.3. The molecule has 1 amide bonds. The highest BCUT2D eigenvalue weighted by Crippen LogP contribution is 2.18. The molecular formula is C16H16N2O3. The molecule has 1 N–H and O–H groups in total. The standard InChI is InChI=1S/C16H16N2O3/c1-20-12-16(19)18-8-2-3-10-21-14-7-6-13-5-4-9-17-15(13)11-14/h4-7,9,11H,8,10,12H2,1H3,(H,18,19). The lowest BCUT2D eigenvalue weighted by atomic mass is 10.2. The summed E-state index contributed by atoms with van der Waals surface area (Å²) in [6, 6.07) is 9.60. The Balaban J connectivity index is 1.79. The summed E-state index contributed by atoms with van der Waals surface area (Å²) in [6.07, 6.45) is 1.74. The highest BCUT2D eigenvalue weighted by atomic mass is 16.5. The van der Waals surface area contributed by atoms with Crippen LogP contribution in [0.1, 0.15) is 0 Å². The summed E-state index contributed by atoms with van der Waals surface area (Å²) in [5.74, 6) is 6.17. The number of methoxy groups -OCH3 is 1. The molecule has 0 aliphatic rings. The Morgan fingerprint density at radius 3 is 3.10 bits per heavy atom. The van der Waals surface area contributed by atoms with E-state index in [1.165, 1.54) is 7.11 Å². The van der Waals surface area contributed by atoms with E-state index in [0.29, 0.717) is 0 Å². The van der Waals surface area contributed by atoms with E-state index in [9.17, 15) is 4.79 Å². The Labute approximate surface area is 123 Å². The van der Waals surface area contributed by atoms with Crippen molar-refractivity contribution in [2.45, 2.75) is 0 Å². The predicted molar refractivity (Wildman–Crippen MR) is 79.9 cm³/mol. The summed E-state index contributed by atoms with van der Waals surface area (Å²) in [7, 11) is 1.47. The lowest BCUT2D eigenvalue weighted by Gasteiger charge is -2.03. The number of amides is 1. The van der Waals surface area contributed by atoms with Crippen molar-refractivity contribution in [2.24, 2.45) is 0 Å². The lowest BCUT2D eigenvalue weighted by molar-refractivity contribution is -0.124. The number of ether oxygens (including phenoxy) is 2. The van der Waals surface area contributed by atoms with E-state index in [-0.39, 0.29) is 25.7 Å². The van der Waals surface area contributed by atoms with E-state index < -0.39 is 0 Å². The number of nitrogens with zero attached hydrogens (tertiary/aromatic N) is 1. The van der Waals surface area contributed by atoms with Crippen LogP contribution in [0.3, 0.4) is 0 Å². The van der Waals surface area contributed by atoms with Gasteiger partial charge in [-0.2, -0.15) is 0 Å². The van der Waals surface area contributed by atoms with Gasteiger partial charge in [0.25, 0.3) is 0 Å². The molecule has 2 aromatic rings. The van der Waals surface area contributed by atoms with Crippen molar-refractivity contribution in [3.05, 3.63) is 36.5 Å². The van der Waals surface area contributed by atoms with E-state index in [0.717, 1.165) is 16.7 Å². The number of carbonyl (C=O) groups excluding carboxylic acids is 1. The number of fused-ring (bicyclic) bond motifs is 1. The molecule has 0 aliphatic heterocycles. The van der Waals surface area contributed by atoms with Crippen LogP contribution in [-0.2, 0) is 9.53 Å². The van der Waals surface area contributed by atoms with Crippen molar-refractivity contribution in [3.8, 4) is 17.6 Å². The summed E-state index contributed by atoms with van der Waals surface area (Å²) >= 11 is 0. The predicted octanol–water partition coefficient (Wildman–Crippen LogP) is 1.38. The van der Waals surface area contributed by atoms with Crippen molar-refractivity contribution in [2.75, 3.05) is 26.9 Å². The Morgan fingerprint density at radius 1 is 1.33 bits per heavy atom. The van der Waals surface area contributed by atoms with Gasteiger partial charge in [-0.15, -0.1) is 0 Å². The molecule has 0 unspecified atom stereocenters. The molecule has 0 saturated carbocycles. The quantitative estimate of drug-likeness (QED) is 0.843. The fourth-order valence-electron chi connectivity index (χ4n) is 1.69. The molecule has 0 saturated heterocycles. The van der Waals surface area contributed by atoms with Crippen molar-refractivity contribution >= 4 is 16.8 Å². The van der Waals surface area contributed by atoms with Crippen molar-refractivity contribution < 1.29 is 14.3 Å².